The smallest absolute Gasteiger partial charge is 0.265 e. The lowest BCUT2D eigenvalue weighted by molar-refractivity contribution is 0.0712. The topological polar surface area (TPSA) is 45.2 Å². The molecule has 0 atom stereocenters. The highest BCUT2D eigenvalue weighted by molar-refractivity contribution is 7.16. The summed E-state index contributed by atoms with van der Waals surface area (Å²) in [6.07, 6.45) is 3.47. The maximum absolute atomic E-state index is 13.8. The van der Waals surface area contributed by atoms with E-state index in [1.807, 2.05) is 11.9 Å². The molecule has 1 N–H and O–H groups in total. The maximum Gasteiger partial charge on any atom is 0.265 e. The second-order valence-electron chi connectivity index (χ2n) is 5.36. The van der Waals surface area contributed by atoms with Crippen molar-refractivity contribution >= 4 is 17.2 Å². The lowest BCUT2D eigenvalue weighted by atomic mass is 10.1. The Morgan fingerprint density at radius 3 is 2.77 bits per heavy atom. The molecule has 0 aliphatic carbocycles. The zero-order chi connectivity index (χ0) is 15.5. The van der Waals surface area contributed by atoms with Crippen LogP contribution in [0, 0.1) is 5.82 Å². The Bertz CT molecular complexity index is 665. The number of piperidine rings is 1. The van der Waals surface area contributed by atoms with Gasteiger partial charge in [-0.05, 0) is 32.0 Å². The van der Waals surface area contributed by atoms with Crippen LogP contribution in [0.4, 0.5) is 4.39 Å². The monoisotopic (exact) mass is 319 g/mol. The number of likely N-dealkylation sites (tertiary alicyclic amines) is 1. The standard InChI is InChI=1S/C16H18FN3OS/c1-18-11-6-8-20(9-7-11)16(21)14-10-19-15(22-14)12-4-2-3-5-13(12)17/h2-5,10-11,18H,6-9H2,1H3. The van der Waals surface area contributed by atoms with Gasteiger partial charge >= 0.3 is 0 Å². The normalized spacial score (nSPS) is 16.0. The molecule has 1 aliphatic heterocycles. The average Bonchev–Trinajstić information content (AvgIpc) is 3.04. The van der Waals surface area contributed by atoms with Crippen LogP contribution in [0.15, 0.2) is 30.5 Å². The SMILES string of the molecule is CNC1CCN(C(=O)c2cnc(-c3ccccc3F)s2)CC1. The number of rotatable bonds is 3. The molecule has 6 heteroatoms. The lowest BCUT2D eigenvalue weighted by Crippen LogP contribution is -2.43. The highest BCUT2D eigenvalue weighted by atomic mass is 32.1. The number of carbonyl (C=O) groups is 1. The van der Waals surface area contributed by atoms with Crippen LogP contribution in [0.3, 0.4) is 0 Å². The molecule has 0 spiro atoms. The summed E-state index contributed by atoms with van der Waals surface area (Å²) in [5.41, 5.74) is 0.445. The van der Waals surface area contributed by atoms with E-state index in [1.165, 1.54) is 17.4 Å². The molecule has 4 nitrogen and oxygen atoms in total. The Kier molecular flexibility index (Phi) is 4.49. The van der Waals surface area contributed by atoms with Crippen molar-refractivity contribution in [2.24, 2.45) is 0 Å². The molecule has 1 saturated heterocycles. The molecule has 1 amide bonds. The fraction of sp³-hybridized carbons (Fsp3) is 0.375. The third-order valence-corrected chi connectivity index (χ3v) is 5.03. The first kappa shape index (κ1) is 15.1. The van der Waals surface area contributed by atoms with Gasteiger partial charge in [-0.1, -0.05) is 12.1 Å². The van der Waals surface area contributed by atoms with E-state index in [0.29, 0.717) is 21.5 Å². The van der Waals surface area contributed by atoms with E-state index in [0.717, 1.165) is 25.9 Å². The fourth-order valence-corrected chi connectivity index (χ4v) is 3.57. The molecule has 1 aromatic heterocycles. The van der Waals surface area contributed by atoms with Crippen molar-refractivity contribution in [1.82, 2.24) is 15.2 Å². The van der Waals surface area contributed by atoms with Crippen molar-refractivity contribution in [1.29, 1.82) is 0 Å². The molecule has 0 unspecified atom stereocenters. The number of nitrogens with one attached hydrogen (secondary N) is 1. The maximum atomic E-state index is 13.8. The average molecular weight is 319 g/mol. The van der Waals surface area contributed by atoms with Gasteiger partial charge < -0.3 is 10.2 Å². The first-order chi connectivity index (χ1) is 10.7. The number of hydrogen-bond donors (Lipinski definition) is 1. The summed E-state index contributed by atoms with van der Waals surface area (Å²) < 4.78 is 13.8. The van der Waals surface area contributed by atoms with Crippen molar-refractivity contribution in [2.75, 3.05) is 20.1 Å². The number of thiazole rings is 1. The number of hydrogen-bond acceptors (Lipinski definition) is 4. The number of aromatic nitrogens is 1. The highest BCUT2D eigenvalue weighted by Crippen LogP contribution is 2.28. The second-order valence-corrected chi connectivity index (χ2v) is 6.40. The van der Waals surface area contributed by atoms with Gasteiger partial charge in [-0.25, -0.2) is 9.37 Å². The zero-order valence-electron chi connectivity index (χ0n) is 12.4. The quantitative estimate of drug-likeness (QED) is 0.946. The largest absolute Gasteiger partial charge is 0.338 e. The molecule has 2 aromatic rings. The Morgan fingerprint density at radius 1 is 1.36 bits per heavy atom. The van der Waals surface area contributed by atoms with E-state index in [2.05, 4.69) is 10.3 Å². The van der Waals surface area contributed by atoms with Gasteiger partial charge in [0.15, 0.2) is 0 Å². The molecular formula is C16H18FN3OS. The summed E-state index contributed by atoms with van der Waals surface area (Å²) in [5.74, 6) is -0.319. The Hall–Kier alpha value is -1.79. The van der Waals surface area contributed by atoms with E-state index < -0.39 is 0 Å². The third-order valence-electron chi connectivity index (χ3n) is 4.01. The van der Waals surface area contributed by atoms with Crippen LogP contribution in [0.1, 0.15) is 22.5 Å². The van der Waals surface area contributed by atoms with Gasteiger partial charge in [0.25, 0.3) is 5.91 Å². The van der Waals surface area contributed by atoms with E-state index >= 15 is 0 Å². The summed E-state index contributed by atoms with van der Waals surface area (Å²) in [4.78, 5) is 19.1. The molecule has 0 saturated carbocycles. The van der Waals surface area contributed by atoms with E-state index in [9.17, 15) is 9.18 Å². The van der Waals surface area contributed by atoms with E-state index in [4.69, 9.17) is 0 Å². The number of benzene rings is 1. The molecule has 0 radical (unpaired) electrons. The molecule has 1 fully saturated rings. The van der Waals surface area contributed by atoms with Crippen LogP contribution in [0.25, 0.3) is 10.6 Å². The molecule has 3 rings (SSSR count). The molecule has 1 aromatic carbocycles. The minimum atomic E-state index is -0.314. The van der Waals surface area contributed by atoms with Gasteiger partial charge in [-0.2, -0.15) is 0 Å². The molecule has 116 valence electrons. The summed E-state index contributed by atoms with van der Waals surface area (Å²) in [6.45, 7) is 1.49. The van der Waals surface area contributed by atoms with Crippen LogP contribution in [0.2, 0.25) is 0 Å². The Labute approximate surface area is 133 Å². The Morgan fingerprint density at radius 2 is 2.09 bits per heavy atom. The van der Waals surface area contributed by atoms with Crippen LogP contribution < -0.4 is 5.32 Å². The van der Waals surface area contributed by atoms with Gasteiger partial charge in [0, 0.05) is 24.7 Å². The summed E-state index contributed by atoms with van der Waals surface area (Å²) in [5, 5.41) is 3.79. The first-order valence-corrected chi connectivity index (χ1v) is 8.18. The number of nitrogens with zero attached hydrogens (tertiary/aromatic N) is 2. The van der Waals surface area contributed by atoms with Crippen molar-refractivity contribution in [3.05, 3.63) is 41.2 Å². The third kappa shape index (κ3) is 3.03. The molecule has 0 bridgehead atoms. The minimum absolute atomic E-state index is 0.00496. The van der Waals surface area contributed by atoms with Crippen LogP contribution in [-0.2, 0) is 0 Å². The van der Waals surface area contributed by atoms with Crippen molar-refractivity contribution < 1.29 is 9.18 Å². The molecule has 2 heterocycles. The Balaban J connectivity index is 1.74. The number of amides is 1. The summed E-state index contributed by atoms with van der Waals surface area (Å²) in [7, 11) is 1.95. The predicted molar refractivity (Wildman–Crippen MR) is 85.5 cm³/mol. The molecular weight excluding hydrogens is 301 g/mol. The predicted octanol–water partition coefficient (Wildman–Crippen LogP) is 2.77. The van der Waals surface area contributed by atoms with E-state index in [-0.39, 0.29) is 11.7 Å². The summed E-state index contributed by atoms with van der Waals surface area (Å²) in [6, 6.07) is 6.98. The van der Waals surface area contributed by atoms with Crippen LogP contribution >= 0.6 is 11.3 Å². The number of carbonyl (C=O) groups excluding carboxylic acids is 1. The van der Waals surface area contributed by atoms with Gasteiger partial charge in [0.2, 0.25) is 0 Å². The van der Waals surface area contributed by atoms with Gasteiger partial charge in [0.05, 0.1) is 6.20 Å². The lowest BCUT2D eigenvalue weighted by Gasteiger charge is -2.31. The van der Waals surface area contributed by atoms with E-state index in [1.54, 1.807) is 24.4 Å². The first-order valence-electron chi connectivity index (χ1n) is 7.36. The van der Waals surface area contributed by atoms with Crippen LogP contribution in [-0.4, -0.2) is 42.0 Å². The molecule has 1 aliphatic rings. The van der Waals surface area contributed by atoms with Gasteiger partial charge in [-0.3, -0.25) is 4.79 Å². The van der Waals surface area contributed by atoms with Crippen LogP contribution in [0.5, 0.6) is 0 Å². The van der Waals surface area contributed by atoms with Gasteiger partial charge in [0.1, 0.15) is 15.7 Å². The summed E-state index contributed by atoms with van der Waals surface area (Å²) >= 11 is 1.25. The van der Waals surface area contributed by atoms with Crippen molar-refractivity contribution in [3.63, 3.8) is 0 Å². The highest BCUT2D eigenvalue weighted by Gasteiger charge is 2.24. The minimum Gasteiger partial charge on any atom is -0.338 e. The fourth-order valence-electron chi connectivity index (χ4n) is 2.66. The number of halogens is 1. The zero-order valence-corrected chi connectivity index (χ0v) is 13.2. The van der Waals surface area contributed by atoms with Gasteiger partial charge in [-0.15, -0.1) is 11.3 Å². The van der Waals surface area contributed by atoms with Crippen molar-refractivity contribution in [3.8, 4) is 10.6 Å². The second kappa shape index (κ2) is 6.54. The molecule has 22 heavy (non-hydrogen) atoms. The van der Waals surface area contributed by atoms with Crippen molar-refractivity contribution in [2.45, 2.75) is 18.9 Å².